The molecule has 4 saturated carbocycles. The summed E-state index contributed by atoms with van der Waals surface area (Å²) in [6.45, 7) is 12.3. The van der Waals surface area contributed by atoms with Gasteiger partial charge in [-0.2, -0.15) is 0 Å². The van der Waals surface area contributed by atoms with E-state index >= 15 is 0 Å². The predicted octanol–water partition coefficient (Wildman–Crippen LogP) is 6.58. The summed E-state index contributed by atoms with van der Waals surface area (Å²) in [6.07, 6.45) is 14.1. The molecule has 0 aromatic heterocycles. The predicted molar refractivity (Wildman–Crippen MR) is 121 cm³/mol. The van der Waals surface area contributed by atoms with E-state index in [4.69, 9.17) is 0 Å². The largest absolute Gasteiger partial charge is 0.393 e. The maximum absolute atomic E-state index is 11.6. The molecule has 0 aliphatic heterocycles. The third-order valence-electron chi connectivity index (χ3n) is 11.0. The third kappa shape index (κ3) is 3.53. The number of aliphatic hydroxyl groups excluding tert-OH is 1. The highest BCUT2D eigenvalue weighted by atomic mass is 16.3. The van der Waals surface area contributed by atoms with Crippen molar-refractivity contribution >= 4 is 0 Å². The van der Waals surface area contributed by atoms with E-state index in [1.165, 1.54) is 51.4 Å². The van der Waals surface area contributed by atoms with Crippen LogP contribution in [0.15, 0.2) is 0 Å². The molecule has 0 bridgehead atoms. The molecule has 0 aromatic carbocycles. The molecule has 2 N–H and O–H groups in total. The summed E-state index contributed by atoms with van der Waals surface area (Å²) in [5.74, 6) is 4.94. The van der Waals surface area contributed by atoms with E-state index < -0.39 is 5.60 Å². The Kier molecular flexibility index (Phi) is 5.95. The molecule has 2 heteroatoms. The van der Waals surface area contributed by atoms with Crippen LogP contribution in [0.3, 0.4) is 0 Å². The van der Waals surface area contributed by atoms with Crippen LogP contribution in [-0.2, 0) is 0 Å². The monoisotopic (exact) mass is 404 g/mol. The fraction of sp³-hybridized carbons (Fsp3) is 1.00. The Morgan fingerprint density at radius 3 is 2.34 bits per heavy atom. The van der Waals surface area contributed by atoms with Gasteiger partial charge in [0.1, 0.15) is 0 Å². The van der Waals surface area contributed by atoms with Crippen molar-refractivity contribution in [3.8, 4) is 0 Å². The smallest absolute Gasteiger partial charge is 0.0728 e. The topological polar surface area (TPSA) is 40.5 Å². The van der Waals surface area contributed by atoms with Gasteiger partial charge in [0.05, 0.1) is 11.7 Å². The Labute approximate surface area is 180 Å². The van der Waals surface area contributed by atoms with Gasteiger partial charge in [0.25, 0.3) is 0 Å². The Morgan fingerprint density at radius 2 is 1.62 bits per heavy atom. The van der Waals surface area contributed by atoms with Crippen LogP contribution < -0.4 is 0 Å². The molecule has 4 rings (SSSR count). The minimum absolute atomic E-state index is 0.0252. The second-order valence-corrected chi connectivity index (χ2v) is 12.8. The molecule has 0 amide bonds. The summed E-state index contributed by atoms with van der Waals surface area (Å²) in [6, 6.07) is 0. The third-order valence-corrected chi connectivity index (χ3v) is 11.0. The Hall–Kier alpha value is -0.0800. The zero-order valence-electron chi connectivity index (χ0n) is 19.9. The van der Waals surface area contributed by atoms with Crippen LogP contribution in [-0.4, -0.2) is 21.9 Å². The summed E-state index contributed by atoms with van der Waals surface area (Å²) >= 11 is 0. The number of rotatable bonds is 5. The van der Waals surface area contributed by atoms with Crippen LogP contribution in [0.4, 0.5) is 0 Å². The minimum Gasteiger partial charge on any atom is -0.393 e. The first-order valence-electron chi connectivity index (χ1n) is 13.0. The molecule has 0 radical (unpaired) electrons. The van der Waals surface area contributed by atoms with Gasteiger partial charge in [0, 0.05) is 6.42 Å². The van der Waals surface area contributed by atoms with E-state index in [-0.39, 0.29) is 11.5 Å². The SMILES string of the molecule is CC(C)CCC[C@@H](C)[C@@H]1CC[C@@H]2[C@@H]3CC[C@@]4(O)C[C@H](O)CC[C@]4(C)[C@@H]3CC[C@@]21C. The second kappa shape index (κ2) is 7.80. The summed E-state index contributed by atoms with van der Waals surface area (Å²) in [7, 11) is 0. The molecule has 0 heterocycles. The van der Waals surface area contributed by atoms with Gasteiger partial charge >= 0.3 is 0 Å². The van der Waals surface area contributed by atoms with Crippen molar-refractivity contribution in [2.45, 2.75) is 123 Å². The standard InChI is InChI=1S/C27H48O2/c1-18(2)7-6-8-19(3)22-9-10-23-21-12-16-27(29)17-20(28)11-15-26(27,5)24(21)13-14-25(22,23)4/h18-24,28-29H,6-17H2,1-5H3/t19-,20-,21+,22+,23-,24-,25-,26-,27-/m1/s1. The van der Waals surface area contributed by atoms with Crippen LogP contribution in [0.25, 0.3) is 0 Å². The number of hydrogen-bond acceptors (Lipinski definition) is 2. The van der Waals surface area contributed by atoms with Gasteiger partial charge in [-0.15, -0.1) is 0 Å². The van der Waals surface area contributed by atoms with Gasteiger partial charge in [0.2, 0.25) is 0 Å². The lowest BCUT2D eigenvalue weighted by molar-refractivity contribution is -0.220. The zero-order chi connectivity index (χ0) is 21.0. The average molecular weight is 405 g/mol. The molecule has 9 atom stereocenters. The lowest BCUT2D eigenvalue weighted by Gasteiger charge is -2.64. The number of hydrogen-bond donors (Lipinski definition) is 2. The van der Waals surface area contributed by atoms with Crippen molar-refractivity contribution in [1.29, 1.82) is 0 Å². The van der Waals surface area contributed by atoms with Crippen molar-refractivity contribution in [3.63, 3.8) is 0 Å². The average Bonchev–Trinajstić information content (AvgIpc) is 2.99. The first-order chi connectivity index (χ1) is 13.6. The molecule has 168 valence electrons. The van der Waals surface area contributed by atoms with Crippen molar-refractivity contribution in [2.75, 3.05) is 0 Å². The number of aliphatic hydroxyl groups is 2. The van der Waals surface area contributed by atoms with Crippen LogP contribution >= 0.6 is 0 Å². The zero-order valence-corrected chi connectivity index (χ0v) is 19.9. The van der Waals surface area contributed by atoms with E-state index in [1.807, 2.05) is 0 Å². The van der Waals surface area contributed by atoms with Gasteiger partial charge in [0.15, 0.2) is 0 Å². The quantitative estimate of drug-likeness (QED) is 0.543. The molecule has 29 heavy (non-hydrogen) atoms. The van der Waals surface area contributed by atoms with Crippen molar-refractivity contribution in [1.82, 2.24) is 0 Å². The molecule has 4 aliphatic carbocycles. The van der Waals surface area contributed by atoms with E-state index in [1.54, 1.807) is 0 Å². The van der Waals surface area contributed by atoms with Crippen LogP contribution in [0.2, 0.25) is 0 Å². The normalized spacial score (nSPS) is 50.7. The van der Waals surface area contributed by atoms with Crippen LogP contribution in [0, 0.1) is 46.3 Å². The summed E-state index contributed by atoms with van der Waals surface area (Å²) in [5, 5.41) is 21.8. The van der Waals surface area contributed by atoms with E-state index in [0.717, 1.165) is 48.9 Å². The molecule has 4 fully saturated rings. The van der Waals surface area contributed by atoms with Gasteiger partial charge in [-0.3, -0.25) is 0 Å². The summed E-state index contributed by atoms with van der Waals surface area (Å²) in [5.41, 5.74) is -0.0719. The van der Waals surface area contributed by atoms with Crippen LogP contribution in [0.5, 0.6) is 0 Å². The molecule has 0 spiro atoms. The lowest BCUT2D eigenvalue weighted by Crippen LogP contribution is -2.62. The maximum Gasteiger partial charge on any atom is 0.0728 e. The van der Waals surface area contributed by atoms with E-state index in [9.17, 15) is 10.2 Å². The molecule has 0 aromatic rings. The van der Waals surface area contributed by atoms with Crippen LogP contribution in [0.1, 0.15) is 112 Å². The van der Waals surface area contributed by atoms with Gasteiger partial charge < -0.3 is 10.2 Å². The molecule has 2 nitrogen and oxygen atoms in total. The highest BCUT2D eigenvalue weighted by Crippen LogP contribution is 2.69. The van der Waals surface area contributed by atoms with E-state index in [2.05, 4.69) is 34.6 Å². The summed E-state index contributed by atoms with van der Waals surface area (Å²) in [4.78, 5) is 0. The molecular formula is C27H48O2. The lowest BCUT2D eigenvalue weighted by atomic mass is 9.43. The fourth-order valence-corrected chi connectivity index (χ4v) is 9.25. The highest BCUT2D eigenvalue weighted by Gasteiger charge is 2.64. The highest BCUT2D eigenvalue weighted by molar-refractivity contribution is 5.14. The molecule has 0 unspecified atom stereocenters. The molecule has 0 saturated heterocycles. The molecule has 4 aliphatic rings. The Morgan fingerprint density at radius 1 is 0.862 bits per heavy atom. The van der Waals surface area contributed by atoms with Crippen molar-refractivity contribution in [3.05, 3.63) is 0 Å². The van der Waals surface area contributed by atoms with E-state index in [0.29, 0.717) is 17.8 Å². The fourth-order valence-electron chi connectivity index (χ4n) is 9.25. The van der Waals surface area contributed by atoms with Gasteiger partial charge in [-0.05, 0) is 97.7 Å². The van der Waals surface area contributed by atoms with Crippen molar-refractivity contribution < 1.29 is 10.2 Å². The Balaban J connectivity index is 1.49. The first kappa shape index (κ1) is 22.1. The molecular weight excluding hydrogens is 356 g/mol. The first-order valence-corrected chi connectivity index (χ1v) is 13.0. The van der Waals surface area contributed by atoms with Gasteiger partial charge in [-0.25, -0.2) is 0 Å². The van der Waals surface area contributed by atoms with Gasteiger partial charge in [-0.1, -0.05) is 53.9 Å². The summed E-state index contributed by atoms with van der Waals surface area (Å²) < 4.78 is 0. The Bertz CT molecular complexity index is 587. The second-order valence-electron chi connectivity index (χ2n) is 12.8. The minimum atomic E-state index is -0.623. The maximum atomic E-state index is 11.6. The van der Waals surface area contributed by atoms with Crippen molar-refractivity contribution in [2.24, 2.45) is 46.3 Å². The number of fused-ring (bicyclic) bond motifs is 5.